The third-order valence-corrected chi connectivity index (χ3v) is 3.61. The molecule has 1 aromatic rings. The second-order valence-electron chi connectivity index (χ2n) is 3.98. The molecule has 0 fully saturated rings. The molecule has 0 heterocycles. The number of amides is 1. The first-order chi connectivity index (χ1) is 8.49. The molecule has 6 heteroatoms. The number of nitrogens with one attached hydrogen (secondary N) is 2. The van der Waals surface area contributed by atoms with Crippen LogP contribution in [0.15, 0.2) is 30.3 Å². The van der Waals surface area contributed by atoms with E-state index in [1.807, 2.05) is 18.2 Å². The zero-order valence-electron chi connectivity index (χ0n) is 10.3. The fourth-order valence-electron chi connectivity index (χ4n) is 1.43. The number of rotatable bonds is 7. The van der Waals surface area contributed by atoms with Crippen LogP contribution in [0, 0.1) is 0 Å². The van der Waals surface area contributed by atoms with Crippen LogP contribution in [0.1, 0.15) is 18.9 Å². The van der Waals surface area contributed by atoms with E-state index in [4.69, 9.17) is 0 Å². The molecule has 5 nitrogen and oxygen atoms in total. The summed E-state index contributed by atoms with van der Waals surface area (Å²) in [7, 11) is -3.30. The summed E-state index contributed by atoms with van der Waals surface area (Å²) in [6, 6.07) is 9.01. The second-order valence-corrected chi connectivity index (χ2v) is 5.78. The van der Waals surface area contributed by atoms with Gasteiger partial charge < -0.3 is 5.32 Å². The highest BCUT2D eigenvalue weighted by Gasteiger charge is 2.10. The monoisotopic (exact) mass is 270 g/mol. The maximum atomic E-state index is 11.7. The lowest BCUT2D eigenvalue weighted by molar-refractivity contribution is -0.118. The molecule has 0 radical (unpaired) electrons. The summed E-state index contributed by atoms with van der Waals surface area (Å²) < 4.78 is 25.9. The molecule has 0 atom stereocenters. The van der Waals surface area contributed by atoms with E-state index in [9.17, 15) is 13.2 Å². The Hall–Kier alpha value is -1.40. The van der Waals surface area contributed by atoms with Gasteiger partial charge in [-0.25, -0.2) is 13.1 Å². The van der Waals surface area contributed by atoms with Crippen LogP contribution in [0.5, 0.6) is 0 Å². The maximum Gasteiger partial charge on any atom is 0.216 e. The average molecular weight is 270 g/mol. The topological polar surface area (TPSA) is 75.3 Å². The first-order valence-corrected chi connectivity index (χ1v) is 7.40. The van der Waals surface area contributed by atoms with Crippen molar-refractivity contribution < 1.29 is 13.2 Å². The fraction of sp³-hybridized carbons (Fsp3) is 0.417. The van der Waals surface area contributed by atoms with Gasteiger partial charge >= 0.3 is 0 Å². The normalized spacial score (nSPS) is 11.2. The standard InChI is InChI=1S/C12H18N2O3S/c1-11(15)13-8-5-9-14-18(16,17)10-12-6-3-2-4-7-12/h2-4,6-7,14H,5,8-10H2,1H3,(H,13,15). The minimum absolute atomic E-state index is 0.0199. The van der Waals surface area contributed by atoms with Crippen molar-refractivity contribution in [3.63, 3.8) is 0 Å². The number of carbonyl (C=O) groups excluding carboxylic acids is 1. The molecule has 0 spiro atoms. The summed E-state index contributed by atoms with van der Waals surface area (Å²) in [5.41, 5.74) is 0.756. The quantitative estimate of drug-likeness (QED) is 0.714. The average Bonchev–Trinajstić information content (AvgIpc) is 2.28. The molecule has 0 aliphatic carbocycles. The van der Waals surface area contributed by atoms with E-state index >= 15 is 0 Å². The molecule has 0 saturated carbocycles. The molecule has 100 valence electrons. The van der Waals surface area contributed by atoms with Gasteiger partial charge in [-0.2, -0.15) is 0 Å². The Morgan fingerprint density at radius 1 is 1.17 bits per heavy atom. The molecule has 0 saturated heterocycles. The van der Waals surface area contributed by atoms with Crippen molar-refractivity contribution in [3.05, 3.63) is 35.9 Å². The summed E-state index contributed by atoms with van der Waals surface area (Å²) >= 11 is 0. The van der Waals surface area contributed by atoms with Gasteiger partial charge in [0, 0.05) is 20.0 Å². The van der Waals surface area contributed by atoms with Crippen LogP contribution in [0.4, 0.5) is 0 Å². The SMILES string of the molecule is CC(=O)NCCCNS(=O)(=O)Cc1ccccc1. The zero-order valence-corrected chi connectivity index (χ0v) is 11.2. The van der Waals surface area contributed by atoms with Gasteiger partial charge in [-0.1, -0.05) is 30.3 Å². The van der Waals surface area contributed by atoms with Crippen LogP contribution >= 0.6 is 0 Å². The van der Waals surface area contributed by atoms with E-state index in [2.05, 4.69) is 10.0 Å². The molecule has 1 rings (SSSR count). The summed E-state index contributed by atoms with van der Waals surface area (Å²) in [6.45, 7) is 2.23. The lowest BCUT2D eigenvalue weighted by Gasteiger charge is -2.07. The molecule has 1 aromatic carbocycles. The van der Waals surface area contributed by atoms with Gasteiger partial charge in [-0.05, 0) is 12.0 Å². The Kier molecular flexibility index (Phi) is 5.80. The smallest absolute Gasteiger partial charge is 0.216 e. The Labute approximate surface area is 108 Å². The molecule has 0 unspecified atom stereocenters. The molecule has 18 heavy (non-hydrogen) atoms. The number of hydrogen-bond acceptors (Lipinski definition) is 3. The van der Waals surface area contributed by atoms with Crippen LogP contribution in [0.25, 0.3) is 0 Å². The highest BCUT2D eigenvalue weighted by molar-refractivity contribution is 7.88. The minimum Gasteiger partial charge on any atom is -0.356 e. The van der Waals surface area contributed by atoms with Crippen LogP contribution in [0.3, 0.4) is 0 Å². The Morgan fingerprint density at radius 3 is 2.44 bits per heavy atom. The zero-order chi connectivity index (χ0) is 13.4. The van der Waals surface area contributed by atoms with Gasteiger partial charge in [0.1, 0.15) is 0 Å². The first-order valence-electron chi connectivity index (χ1n) is 5.75. The molecule has 0 aromatic heterocycles. The number of carbonyl (C=O) groups is 1. The lowest BCUT2D eigenvalue weighted by atomic mass is 10.2. The van der Waals surface area contributed by atoms with Gasteiger partial charge in [0.05, 0.1) is 5.75 Å². The van der Waals surface area contributed by atoms with E-state index in [1.165, 1.54) is 6.92 Å². The Balaban J connectivity index is 2.30. The van der Waals surface area contributed by atoms with E-state index in [0.717, 1.165) is 5.56 Å². The third-order valence-electron chi connectivity index (χ3n) is 2.25. The number of hydrogen-bond donors (Lipinski definition) is 2. The maximum absolute atomic E-state index is 11.7. The molecular formula is C12H18N2O3S. The largest absolute Gasteiger partial charge is 0.356 e. The van der Waals surface area contributed by atoms with Crippen molar-refractivity contribution in [1.29, 1.82) is 0 Å². The van der Waals surface area contributed by atoms with Crippen molar-refractivity contribution in [1.82, 2.24) is 10.0 Å². The highest BCUT2D eigenvalue weighted by atomic mass is 32.2. The van der Waals surface area contributed by atoms with Gasteiger partial charge in [0.2, 0.25) is 15.9 Å². The van der Waals surface area contributed by atoms with Gasteiger partial charge in [0.25, 0.3) is 0 Å². The molecule has 1 amide bonds. The molecule has 0 bridgehead atoms. The van der Waals surface area contributed by atoms with Crippen LogP contribution in [-0.2, 0) is 20.6 Å². The molecule has 0 aliphatic rings. The Bertz CT molecular complexity index is 471. The van der Waals surface area contributed by atoms with Gasteiger partial charge in [-0.15, -0.1) is 0 Å². The molecule has 2 N–H and O–H groups in total. The summed E-state index contributed by atoms with van der Waals surface area (Å²) in [5, 5.41) is 2.61. The highest BCUT2D eigenvalue weighted by Crippen LogP contribution is 2.03. The van der Waals surface area contributed by atoms with E-state index in [0.29, 0.717) is 19.5 Å². The number of sulfonamides is 1. The van der Waals surface area contributed by atoms with Crippen molar-refractivity contribution in [2.45, 2.75) is 19.1 Å². The lowest BCUT2D eigenvalue weighted by Crippen LogP contribution is -2.29. The van der Waals surface area contributed by atoms with Crippen LogP contribution < -0.4 is 10.0 Å². The van der Waals surface area contributed by atoms with Crippen molar-refractivity contribution >= 4 is 15.9 Å². The summed E-state index contributed by atoms with van der Waals surface area (Å²) in [6.07, 6.45) is 0.577. The summed E-state index contributed by atoms with van der Waals surface area (Å²) in [5.74, 6) is -0.129. The van der Waals surface area contributed by atoms with Gasteiger partial charge in [-0.3, -0.25) is 4.79 Å². The fourth-order valence-corrected chi connectivity index (χ4v) is 2.61. The minimum atomic E-state index is -3.30. The molecular weight excluding hydrogens is 252 g/mol. The second kappa shape index (κ2) is 7.13. The predicted octanol–water partition coefficient (Wildman–Crippen LogP) is 0.632. The van der Waals surface area contributed by atoms with Crippen molar-refractivity contribution in [3.8, 4) is 0 Å². The van der Waals surface area contributed by atoms with E-state index in [-0.39, 0.29) is 11.7 Å². The first kappa shape index (κ1) is 14.7. The van der Waals surface area contributed by atoms with Crippen LogP contribution in [-0.4, -0.2) is 27.4 Å². The van der Waals surface area contributed by atoms with E-state index in [1.54, 1.807) is 12.1 Å². The van der Waals surface area contributed by atoms with Gasteiger partial charge in [0.15, 0.2) is 0 Å². The van der Waals surface area contributed by atoms with E-state index < -0.39 is 10.0 Å². The Morgan fingerprint density at radius 2 is 1.83 bits per heavy atom. The predicted molar refractivity (Wildman–Crippen MR) is 70.4 cm³/mol. The van der Waals surface area contributed by atoms with Crippen molar-refractivity contribution in [2.75, 3.05) is 13.1 Å². The number of benzene rings is 1. The molecule has 0 aliphatic heterocycles. The van der Waals surface area contributed by atoms with Crippen molar-refractivity contribution in [2.24, 2.45) is 0 Å². The van der Waals surface area contributed by atoms with Crippen LogP contribution in [0.2, 0.25) is 0 Å². The summed E-state index contributed by atoms with van der Waals surface area (Å²) in [4.78, 5) is 10.6. The third kappa shape index (κ3) is 6.36.